The summed E-state index contributed by atoms with van der Waals surface area (Å²) in [7, 11) is -2.73. The molecular formula is C20H18BrNO4S. The van der Waals surface area contributed by atoms with Crippen LogP contribution in [0.25, 0.3) is 10.8 Å². The Labute approximate surface area is 166 Å². The Balaban J connectivity index is 2.13. The predicted molar refractivity (Wildman–Crippen MR) is 109 cm³/mol. The van der Waals surface area contributed by atoms with Crippen molar-refractivity contribution in [3.63, 3.8) is 0 Å². The Morgan fingerprint density at radius 3 is 2.41 bits per heavy atom. The van der Waals surface area contributed by atoms with Crippen molar-refractivity contribution in [2.75, 3.05) is 18.0 Å². The van der Waals surface area contributed by atoms with Crippen LogP contribution in [-0.4, -0.2) is 28.0 Å². The lowest BCUT2D eigenvalue weighted by molar-refractivity contribution is -0.138. The van der Waals surface area contributed by atoms with Gasteiger partial charge in [-0.3, -0.25) is 9.10 Å². The molecule has 0 saturated heterocycles. The highest BCUT2D eigenvalue weighted by atomic mass is 79.9. The molecule has 3 rings (SSSR count). The summed E-state index contributed by atoms with van der Waals surface area (Å²) in [5.41, 5.74) is 1.25. The fraction of sp³-hybridized carbons (Fsp3) is 0.150. The van der Waals surface area contributed by atoms with E-state index in [0.717, 1.165) is 25.1 Å². The summed E-state index contributed by atoms with van der Waals surface area (Å²) >= 11 is 3.41. The normalized spacial score (nSPS) is 11.4. The first-order valence-corrected chi connectivity index (χ1v) is 10.4. The minimum atomic E-state index is -3.96. The third-order valence-electron chi connectivity index (χ3n) is 4.24. The molecule has 7 heteroatoms. The first-order chi connectivity index (χ1) is 12.8. The zero-order chi connectivity index (χ0) is 19.6. The molecule has 3 aromatic rings. The molecular weight excluding hydrogens is 430 g/mol. The summed E-state index contributed by atoms with van der Waals surface area (Å²) in [5, 5.41) is 1.75. The van der Waals surface area contributed by atoms with Gasteiger partial charge in [-0.05, 0) is 53.6 Å². The van der Waals surface area contributed by atoms with E-state index < -0.39 is 22.5 Å². The smallest absolute Gasteiger partial charge is 0.326 e. The number of halogens is 1. The molecule has 0 aliphatic rings. The number of rotatable bonds is 5. The van der Waals surface area contributed by atoms with Crippen molar-refractivity contribution >= 4 is 48.4 Å². The highest BCUT2D eigenvalue weighted by Gasteiger charge is 2.28. The number of carbonyl (C=O) groups excluding carboxylic acids is 1. The van der Waals surface area contributed by atoms with Gasteiger partial charge in [0.25, 0.3) is 10.0 Å². The van der Waals surface area contributed by atoms with Crippen molar-refractivity contribution in [3.05, 3.63) is 70.7 Å². The van der Waals surface area contributed by atoms with Gasteiger partial charge in [-0.15, -0.1) is 0 Å². The standard InChI is InChI=1S/C20H18BrNO4S/c1-14-11-17(8-10-19(14)21)22(13-20(23)26-2)27(24,25)18-9-7-15-5-3-4-6-16(15)12-18/h3-12H,13H2,1-2H3. The Morgan fingerprint density at radius 2 is 1.74 bits per heavy atom. The third-order valence-corrected chi connectivity index (χ3v) is 6.90. The number of fused-ring (bicyclic) bond motifs is 1. The van der Waals surface area contributed by atoms with Crippen LogP contribution < -0.4 is 4.31 Å². The molecule has 0 saturated carbocycles. The molecule has 0 heterocycles. The monoisotopic (exact) mass is 447 g/mol. The molecule has 5 nitrogen and oxygen atoms in total. The third kappa shape index (κ3) is 3.99. The second-order valence-corrected chi connectivity index (χ2v) is 8.75. The van der Waals surface area contributed by atoms with E-state index in [1.54, 1.807) is 36.4 Å². The van der Waals surface area contributed by atoms with Gasteiger partial charge in [0.05, 0.1) is 17.7 Å². The van der Waals surface area contributed by atoms with E-state index in [0.29, 0.717) is 5.69 Å². The minimum Gasteiger partial charge on any atom is -0.468 e. The minimum absolute atomic E-state index is 0.116. The number of methoxy groups -OCH3 is 1. The van der Waals surface area contributed by atoms with Crippen LogP contribution >= 0.6 is 15.9 Å². The number of esters is 1. The fourth-order valence-electron chi connectivity index (χ4n) is 2.74. The van der Waals surface area contributed by atoms with Gasteiger partial charge >= 0.3 is 5.97 Å². The average molecular weight is 448 g/mol. The Morgan fingerprint density at radius 1 is 1.04 bits per heavy atom. The van der Waals surface area contributed by atoms with Gasteiger partial charge < -0.3 is 4.74 Å². The molecule has 0 aliphatic heterocycles. The molecule has 3 aromatic carbocycles. The van der Waals surface area contributed by atoms with Crippen molar-refractivity contribution in [2.24, 2.45) is 0 Å². The second-order valence-electron chi connectivity index (χ2n) is 6.03. The quantitative estimate of drug-likeness (QED) is 0.547. The Hall–Kier alpha value is -2.38. The Kier molecular flexibility index (Phi) is 5.53. The summed E-state index contributed by atoms with van der Waals surface area (Å²) in [4.78, 5) is 12.0. The van der Waals surface area contributed by atoms with E-state index in [1.165, 1.54) is 7.11 Å². The highest BCUT2D eigenvalue weighted by molar-refractivity contribution is 9.10. The first kappa shape index (κ1) is 19.4. The molecule has 0 unspecified atom stereocenters. The maximum Gasteiger partial charge on any atom is 0.326 e. The zero-order valence-electron chi connectivity index (χ0n) is 14.8. The van der Waals surface area contributed by atoms with Crippen LogP contribution in [0.15, 0.2) is 70.0 Å². The maximum atomic E-state index is 13.3. The number of anilines is 1. The van der Waals surface area contributed by atoms with Crippen molar-refractivity contribution in [1.29, 1.82) is 0 Å². The highest BCUT2D eigenvalue weighted by Crippen LogP contribution is 2.29. The van der Waals surface area contributed by atoms with E-state index in [-0.39, 0.29) is 4.90 Å². The molecule has 0 atom stereocenters. The summed E-state index contributed by atoms with van der Waals surface area (Å²) in [5.74, 6) is -0.639. The summed E-state index contributed by atoms with van der Waals surface area (Å²) in [6.45, 7) is 1.44. The van der Waals surface area contributed by atoms with Gasteiger partial charge in [-0.1, -0.05) is 46.3 Å². The van der Waals surface area contributed by atoms with Gasteiger partial charge in [0.1, 0.15) is 6.54 Å². The number of hydrogen-bond donors (Lipinski definition) is 0. The molecule has 0 aliphatic carbocycles. The van der Waals surface area contributed by atoms with Crippen molar-refractivity contribution in [2.45, 2.75) is 11.8 Å². The van der Waals surface area contributed by atoms with E-state index in [4.69, 9.17) is 4.74 Å². The fourth-order valence-corrected chi connectivity index (χ4v) is 4.42. The van der Waals surface area contributed by atoms with Crippen LogP contribution in [0.3, 0.4) is 0 Å². The van der Waals surface area contributed by atoms with Crippen molar-refractivity contribution in [1.82, 2.24) is 0 Å². The summed E-state index contributed by atoms with van der Waals surface area (Å²) in [6, 6.07) is 17.5. The number of carbonyl (C=O) groups is 1. The van der Waals surface area contributed by atoms with E-state index in [2.05, 4.69) is 15.9 Å². The van der Waals surface area contributed by atoms with Crippen LogP contribution in [0.2, 0.25) is 0 Å². The van der Waals surface area contributed by atoms with Crippen molar-refractivity contribution < 1.29 is 17.9 Å². The van der Waals surface area contributed by atoms with Gasteiger partial charge in [0.15, 0.2) is 0 Å². The maximum absolute atomic E-state index is 13.3. The predicted octanol–water partition coefficient (Wildman–Crippen LogP) is 4.28. The van der Waals surface area contributed by atoms with Gasteiger partial charge in [-0.2, -0.15) is 0 Å². The topological polar surface area (TPSA) is 63.7 Å². The number of aryl methyl sites for hydroxylation is 1. The number of hydrogen-bond acceptors (Lipinski definition) is 4. The molecule has 0 bridgehead atoms. The average Bonchev–Trinajstić information content (AvgIpc) is 2.67. The van der Waals surface area contributed by atoms with E-state index in [9.17, 15) is 13.2 Å². The molecule has 0 aromatic heterocycles. The van der Waals surface area contributed by atoms with E-state index >= 15 is 0 Å². The lowest BCUT2D eigenvalue weighted by Crippen LogP contribution is -2.36. The molecule has 0 N–H and O–H groups in total. The summed E-state index contributed by atoms with van der Waals surface area (Å²) < 4.78 is 33.3. The number of sulfonamides is 1. The molecule has 27 heavy (non-hydrogen) atoms. The van der Waals surface area contributed by atoms with Crippen molar-refractivity contribution in [3.8, 4) is 0 Å². The second kappa shape index (κ2) is 7.70. The van der Waals surface area contributed by atoms with Crippen LogP contribution in [0, 0.1) is 6.92 Å². The summed E-state index contributed by atoms with van der Waals surface area (Å²) in [6.07, 6.45) is 0. The van der Waals surface area contributed by atoms with E-state index in [1.807, 2.05) is 31.2 Å². The molecule has 0 radical (unpaired) electrons. The molecule has 0 spiro atoms. The SMILES string of the molecule is COC(=O)CN(c1ccc(Br)c(C)c1)S(=O)(=O)c1ccc2ccccc2c1. The lowest BCUT2D eigenvalue weighted by atomic mass is 10.1. The number of ether oxygens (including phenoxy) is 1. The van der Waals surface area contributed by atoms with Crippen LogP contribution in [0.1, 0.15) is 5.56 Å². The first-order valence-electron chi connectivity index (χ1n) is 8.17. The zero-order valence-corrected chi connectivity index (χ0v) is 17.2. The van der Waals surface area contributed by atoms with Crippen LogP contribution in [-0.2, 0) is 19.6 Å². The largest absolute Gasteiger partial charge is 0.468 e. The lowest BCUT2D eigenvalue weighted by Gasteiger charge is -2.24. The molecule has 0 fully saturated rings. The number of nitrogens with zero attached hydrogens (tertiary/aromatic N) is 1. The number of benzene rings is 3. The Bertz CT molecular complexity index is 1110. The van der Waals surface area contributed by atoms with Crippen LogP contribution in [0.4, 0.5) is 5.69 Å². The van der Waals surface area contributed by atoms with Gasteiger partial charge in [-0.25, -0.2) is 8.42 Å². The molecule has 140 valence electrons. The van der Waals surface area contributed by atoms with Crippen LogP contribution in [0.5, 0.6) is 0 Å². The van der Waals surface area contributed by atoms with Gasteiger partial charge in [0, 0.05) is 4.47 Å². The molecule has 0 amide bonds. The van der Waals surface area contributed by atoms with Gasteiger partial charge in [0.2, 0.25) is 0 Å².